The van der Waals surface area contributed by atoms with Crippen LogP contribution in [0.5, 0.6) is 0 Å². The zero-order chi connectivity index (χ0) is 12.8. The van der Waals surface area contributed by atoms with Crippen molar-refractivity contribution >= 4 is 16.6 Å². The van der Waals surface area contributed by atoms with Gasteiger partial charge in [0.15, 0.2) is 0 Å². The van der Waals surface area contributed by atoms with Crippen LogP contribution in [0.2, 0.25) is 0 Å². The van der Waals surface area contributed by atoms with Gasteiger partial charge in [0.05, 0.1) is 6.04 Å². The summed E-state index contributed by atoms with van der Waals surface area (Å²) in [7, 11) is 0. The zero-order valence-corrected chi connectivity index (χ0v) is 10.9. The normalized spacial score (nSPS) is 17.4. The van der Waals surface area contributed by atoms with Crippen LogP contribution in [0.25, 0.3) is 10.9 Å². The molecule has 2 N–H and O–H groups in total. The molecular weight excluding hydrogens is 232 g/mol. The second-order valence-electron chi connectivity index (χ2n) is 5.27. The summed E-state index contributed by atoms with van der Waals surface area (Å²) in [5.74, 6) is 0. The smallest absolute Gasteiger partial charge is 0.0578 e. The van der Waals surface area contributed by atoms with Crippen molar-refractivity contribution in [3.8, 4) is 0 Å². The van der Waals surface area contributed by atoms with E-state index in [1.54, 1.807) is 0 Å². The standard InChI is InChI=1S/C17H16N2/c1-11-17(13-7-3-5-9-15(13)18-11)16-10-12-6-2-4-8-14(12)19-16/h2-9,16,18-19H,10H2,1H3/t16-/m1/s1. The Kier molecular flexibility index (Phi) is 2.18. The first-order valence-electron chi connectivity index (χ1n) is 6.74. The van der Waals surface area contributed by atoms with E-state index < -0.39 is 0 Å². The molecular formula is C17H16N2. The van der Waals surface area contributed by atoms with Crippen molar-refractivity contribution < 1.29 is 0 Å². The molecule has 2 aromatic carbocycles. The van der Waals surface area contributed by atoms with Gasteiger partial charge in [0, 0.05) is 27.8 Å². The molecule has 0 spiro atoms. The molecule has 2 heterocycles. The molecule has 0 bridgehead atoms. The maximum atomic E-state index is 3.65. The third-order valence-corrected chi connectivity index (χ3v) is 4.06. The van der Waals surface area contributed by atoms with E-state index in [0.29, 0.717) is 6.04 Å². The molecule has 3 aromatic rings. The predicted molar refractivity (Wildman–Crippen MR) is 79.5 cm³/mol. The van der Waals surface area contributed by atoms with Crippen LogP contribution in [0.3, 0.4) is 0 Å². The van der Waals surface area contributed by atoms with Crippen LogP contribution < -0.4 is 5.32 Å². The molecule has 0 aliphatic carbocycles. The highest BCUT2D eigenvalue weighted by molar-refractivity contribution is 5.86. The van der Waals surface area contributed by atoms with Gasteiger partial charge >= 0.3 is 0 Å². The van der Waals surface area contributed by atoms with Crippen molar-refractivity contribution in [2.24, 2.45) is 0 Å². The average Bonchev–Trinajstić information content (AvgIpc) is 2.97. The maximum Gasteiger partial charge on any atom is 0.0578 e. The van der Waals surface area contributed by atoms with E-state index >= 15 is 0 Å². The molecule has 1 atom stereocenters. The summed E-state index contributed by atoms with van der Waals surface area (Å²) in [6, 6.07) is 17.5. The lowest BCUT2D eigenvalue weighted by Gasteiger charge is -2.12. The van der Waals surface area contributed by atoms with Gasteiger partial charge in [0.1, 0.15) is 0 Å². The summed E-state index contributed by atoms with van der Waals surface area (Å²) in [6.07, 6.45) is 1.07. The highest BCUT2D eigenvalue weighted by Gasteiger charge is 2.25. The number of nitrogens with one attached hydrogen (secondary N) is 2. The number of anilines is 1. The molecule has 1 aliphatic heterocycles. The second kappa shape index (κ2) is 3.89. The Hall–Kier alpha value is -2.22. The third-order valence-electron chi connectivity index (χ3n) is 4.06. The monoisotopic (exact) mass is 248 g/mol. The van der Waals surface area contributed by atoms with Crippen molar-refractivity contribution in [1.29, 1.82) is 0 Å². The highest BCUT2D eigenvalue weighted by Crippen LogP contribution is 2.38. The van der Waals surface area contributed by atoms with Crippen molar-refractivity contribution in [2.75, 3.05) is 5.32 Å². The molecule has 0 radical (unpaired) electrons. The van der Waals surface area contributed by atoms with Crippen molar-refractivity contribution in [1.82, 2.24) is 4.98 Å². The molecule has 1 aromatic heterocycles. The summed E-state index contributed by atoms with van der Waals surface area (Å²) in [5, 5.41) is 4.99. The number of rotatable bonds is 1. The minimum Gasteiger partial charge on any atom is -0.378 e. The molecule has 4 rings (SSSR count). The van der Waals surface area contributed by atoms with E-state index in [0.717, 1.165) is 6.42 Å². The minimum absolute atomic E-state index is 0.383. The van der Waals surface area contributed by atoms with Gasteiger partial charge in [-0.1, -0.05) is 36.4 Å². The Morgan fingerprint density at radius 3 is 2.68 bits per heavy atom. The zero-order valence-electron chi connectivity index (χ0n) is 10.9. The average molecular weight is 248 g/mol. The summed E-state index contributed by atoms with van der Waals surface area (Å²) in [6.45, 7) is 2.17. The molecule has 0 saturated carbocycles. The summed E-state index contributed by atoms with van der Waals surface area (Å²) in [4.78, 5) is 3.49. The number of fused-ring (bicyclic) bond motifs is 2. The molecule has 2 nitrogen and oxygen atoms in total. The topological polar surface area (TPSA) is 27.8 Å². The number of para-hydroxylation sites is 2. The fourth-order valence-corrected chi connectivity index (χ4v) is 3.22. The second-order valence-corrected chi connectivity index (χ2v) is 5.27. The fraction of sp³-hybridized carbons (Fsp3) is 0.176. The Labute approximate surface area is 112 Å². The molecule has 0 amide bonds. The van der Waals surface area contributed by atoms with E-state index in [1.165, 1.54) is 33.4 Å². The van der Waals surface area contributed by atoms with E-state index in [-0.39, 0.29) is 0 Å². The number of aromatic amines is 1. The molecule has 2 heteroatoms. The van der Waals surface area contributed by atoms with Gasteiger partial charge in [0.2, 0.25) is 0 Å². The Balaban J connectivity index is 1.83. The molecule has 0 fully saturated rings. The Morgan fingerprint density at radius 2 is 1.79 bits per heavy atom. The molecule has 19 heavy (non-hydrogen) atoms. The number of benzene rings is 2. The van der Waals surface area contributed by atoms with Crippen LogP contribution in [0.1, 0.15) is 22.9 Å². The number of hydrogen-bond donors (Lipinski definition) is 2. The molecule has 94 valence electrons. The number of H-pyrrole nitrogens is 1. The minimum atomic E-state index is 0.383. The van der Waals surface area contributed by atoms with Gasteiger partial charge in [-0.25, -0.2) is 0 Å². The van der Waals surface area contributed by atoms with Gasteiger partial charge in [-0.3, -0.25) is 0 Å². The lowest BCUT2D eigenvalue weighted by Crippen LogP contribution is -2.06. The van der Waals surface area contributed by atoms with Crippen LogP contribution in [-0.2, 0) is 6.42 Å². The van der Waals surface area contributed by atoms with Crippen molar-refractivity contribution in [2.45, 2.75) is 19.4 Å². The summed E-state index contributed by atoms with van der Waals surface area (Å²) >= 11 is 0. The number of aryl methyl sites for hydroxylation is 1. The van der Waals surface area contributed by atoms with Gasteiger partial charge in [-0.05, 0) is 31.0 Å². The van der Waals surface area contributed by atoms with Gasteiger partial charge < -0.3 is 10.3 Å². The largest absolute Gasteiger partial charge is 0.378 e. The van der Waals surface area contributed by atoms with Gasteiger partial charge in [-0.2, -0.15) is 0 Å². The lowest BCUT2D eigenvalue weighted by atomic mass is 10.00. The first kappa shape index (κ1) is 10.7. The van der Waals surface area contributed by atoms with Crippen LogP contribution in [-0.4, -0.2) is 4.98 Å². The SMILES string of the molecule is Cc1[nH]c2ccccc2c1[C@H]1Cc2ccccc2N1. The third kappa shape index (κ3) is 1.56. The van der Waals surface area contributed by atoms with E-state index in [2.05, 4.69) is 65.8 Å². The Bertz CT molecular complexity index is 730. The fourth-order valence-electron chi connectivity index (χ4n) is 3.22. The van der Waals surface area contributed by atoms with Gasteiger partial charge in [0.25, 0.3) is 0 Å². The van der Waals surface area contributed by atoms with Gasteiger partial charge in [-0.15, -0.1) is 0 Å². The number of aromatic nitrogens is 1. The number of hydrogen-bond acceptors (Lipinski definition) is 1. The summed E-state index contributed by atoms with van der Waals surface area (Å²) in [5.41, 5.74) is 6.60. The quantitative estimate of drug-likeness (QED) is 0.664. The van der Waals surface area contributed by atoms with E-state index in [4.69, 9.17) is 0 Å². The van der Waals surface area contributed by atoms with Crippen LogP contribution in [0.15, 0.2) is 48.5 Å². The lowest BCUT2D eigenvalue weighted by molar-refractivity contribution is 0.822. The highest BCUT2D eigenvalue weighted by atomic mass is 15.0. The van der Waals surface area contributed by atoms with Crippen molar-refractivity contribution in [3.63, 3.8) is 0 Å². The molecule has 0 saturated heterocycles. The summed E-state index contributed by atoms with van der Waals surface area (Å²) < 4.78 is 0. The molecule has 1 aliphatic rings. The first-order chi connectivity index (χ1) is 9.33. The van der Waals surface area contributed by atoms with Crippen LogP contribution >= 0.6 is 0 Å². The first-order valence-corrected chi connectivity index (χ1v) is 6.74. The Morgan fingerprint density at radius 1 is 1.00 bits per heavy atom. The van der Waals surface area contributed by atoms with E-state index in [1.807, 2.05) is 0 Å². The van der Waals surface area contributed by atoms with Crippen LogP contribution in [0.4, 0.5) is 5.69 Å². The van der Waals surface area contributed by atoms with E-state index in [9.17, 15) is 0 Å². The van der Waals surface area contributed by atoms with Crippen LogP contribution in [0, 0.1) is 6.92 Å². The van der Waals surface area contributed by atoms with Crippen molar-refractivity contribution in [3.05, 3.63) is 65.4 Å². The molecule has 0 unspecified atom stereocenters. The maximum absolute atomic E-state index is 3.65. The predicted octanol–water partition coefficient (Wildman–Crippen LogP) is 4.19.